The first-order valence-corrected chi connectivity index (χ1v) is 6.82. The van der Waals surface area contributed by atoms with Gasteiger partial charge in [-0.2, -0.15) is 0 Å². The summed E-state index contributed by atoms with van der Waals surface area (Å²) in [7, 11) is 0. The number of fused-ring (bicyclic) bond motifs is 1. The Balaban J connectivity index is 2.22. The first-order chi connectivity index (χ1) is 8.65. The molecule has 0 fully saturated rings. The quantitative estimate of drug-likeness (QED) is 0.621. The first-order valence-electron chi connectivity index (χ1n) is 6.01. The number of hydrogen-bond donors (Lipinski definition) is 1. The number of benzene rings is 2. The van der Waals surface area contributed by atoms with E-state index >= 15 is 0 Å². The molecular weight excluding hydrogens is 238 g/mol. The fourth-order valence-electron chi connectivity index (χ4n) is 2.22. The molecule has 1 aromatic heterocycles. The second-order valence-corrected chi connectivity index (χ2v) is 5.76. The van der Waals surface area contributed by atoms with E-state index in [0.717, 1.165) is 11.3 Å². The highest BCUT2D eigenvalue weighted by molar-refractivity contribution is 7.22. The number of aryl methyl sites for hydroxylation is 2. The highest BCUT2D eigenvalue weighted by atomic mass is 32.1. The lowest BCUT2D eigenvalue weighted by Crippen LogP contribution is -1.92. The van der Waals surface area contributed by atoms with Crippen LogP contribution in [-0.2, 0) is 0 Å². The normalized spacial score (nSPS) is 11.0. The molecule has 0 radical (unpaired) electrons. The van der Waals surface area contributed by atoms with E-state index in [0.29, 0.717) is 0 Å². The van der Waals surface area contributed by atoms with Gasteiger partial charge in [-0.3, -0.25) is 0 Å². The highest BCUT2D eigenvalue weighted by Gasteiger charge is 2.08. The Kier molecular flexibility index (Phi) is 2.60. The molecule has 18 heavy (non-hydrogen) atoms. The third kappa shape index (κ3) is 1.79. The molecular formula is C16H15NS. The van der Waals surface area contributed by atoms with Crippen molar-refractivity contribution < 1.29 is 0 Å². The zero-order valence-electron chi connectivity index (χ0n) is 10.5. The molecule has 3 rings (SSSR count). The van der Waals surface area contributed by atoms with Gasteiger partial charge in [0.15, 0.2) is 0 Å². The summed E-state index contributed by atoms with van der Waals surface area (Å²) in [5.74, 6) is 0. The van der Waals surface area contributed by atoms with Crippen molar-refractivity contribution in [2.24, 2.45) is 0 Å². The maximum Gasteiger partial charge on any atom is 0.0358 e. The molecule has 0 amide bonds. The standard InChI is InChI=1S/C16H15NS/c1-10-8-14(17)11(2)7-13(10)16-9-12-5-3-4-6-15(12)18-16/h3-9H,17H2,1-2H3. The molecule has 1 heterocycles. The smallest absolute Gasteiger partial charge is 0.0358 e. The van der Waals surface area contributed by atoms with Gasteiger partial charge in [0.05, 0.1) is 0 Å². The topological polar surface area (TPSA) is 26.0 Å². The lowest BCUT2D eigenvalue weighted by Gasteiger charge is -2.07. The van der Waals surface area contributed by atoms with Crippen LogP contribution in [-0.4, -0.2) is 0 Å². The summed E-state index contributed by atoms with van der Waals surface area (Å²) in [6.07, 6.45) is 0. The van der Waals surface area contributed by atoms with Crippen LogP contribution in [0.2, 0.25) is 0 Å². The number of nitrogen functional groups attached to an aromatic ring is 1. The summed E-state index contributed by atoms with van der Waals surface area (Å²) in [4.78, 5) is 1.32. The Morgan fingerprint density at radius 3 is 2.50 bits per heavy atom. The van der Waals surface area contributed by atoms with Gasteiger partial charge in [0.25, 0.3) is 0 Å². The molecule has 2 heteroatoms. The van der Waals surface area contributed by atoms with Crippen molar-refractivity contribution in [3.8, 4) is 10.4 Å². The number of rotatable bonds is 1. The lowest BCUT2D eigenvalue weighted by atomic mass is 10.0. The number of nitrogens with two attached hydrogens (primary N) is 1. The Bertz CT molecular complexity index is 692. The van der Waals surface area contributed by atoms with Crippen LogP contribution in [0.4, 0.5) is 5.69 Å². The fraction of sp³-hybridized carbons (Fsp3) is 0.125. The van der Waals surface area contributed by atoms with E-state index in [2.05, 4.69) is 56.3 Å². The average molecular weight is 253 g/mol. The Labute approximate surface area is 111 Å². The summed E-state index contributed by atoms with van der Waals surface area (Å²) >= 11 is 1.84. The van der Waals surface area contributed by atoms with Gasteiger partial charge in [0, 0.05) is 15.3 Å². The lowest BCUT2D eigenvalue weighted by molar-refractivity contribution is 1.40. The van der Waals surface area contributed by atoms with Gasteiger partial charge in [-0.1, -0.05) is 18.2 Å². The van der Waals surface area contributed by atoms with Crippen molar-refractivity contribution in [3.63, 3.8) is 0 Å². The molecule has 0 atom stereocenters. The summed E-state index contributed by atoms with van der Waals surface area (Å²) in [5, 5.41) is 1.31. The van der Waals surface area contributed by atoms with Crippen LogP contribution >= 0.6 is 11.3 Å². The second kappa shape index (κ2) is 4.14. The van der Waals surface area contributed by atoms with E-state index in [1.807, 2.05) is 11.3 Å². The van der Waals surface area contributed by atoms with Crippen LogP contribution in [0.3, 0.4) is 0 Å². The Morgan fingerprint density at radius 1 is 0.944 bits per heavy atom. The van der Waals surface area contributed by atoms with Gasteiger partial charge < -0.3 is 5.73 Å². The van der Waals surface area contributed by atoms with Crippen molar-refractivity contribution in [3.05, 3.63) is 53.6 Å². The molecule has 0 aliphatic carbocycles. The van der Waals surface area contributed by atoms with Gasteiger partial charge in [0.1, 0.15) is 0 Å². The minimum atomic E-state index is 0.873. The summed E-state index contributed by atoms with van der Waals surface area (Å²) in [6.45, 7) is 4.18. The zero-order chi connectivity index (χ0) is 12.7. The van der Waals surface area contributed by atoms with Crippen LogP contribution < -0.4 is 5.73 Å². The zero-order valence-corrected chi connectivity index (χ0v) is 11.3. The number of thiophene rings is 1. The largest absolute Gasteiger partial charge is 0.399 e. The van der Waals surface area contributed by atoms with Gasteiger partial charge in [-0.15, -0.1) is 11.3 Å². The van der Waals surface area contributed by atoms with Gasteiger partial charge in [-0.05, 0) is 60.2 Å². The van der Waals surface area contributed by atoms with E-state index in [1.54, 1.807) is 0 Å². The summed E-state index contributed by atoms with van der Waals surface area (Å²) in [5.41, 5.74) is 10.5. The van der Waals surface area contributed by atoms with Gasteiger partial charge in [-0.25, -0.2) is 0 Å². The monoisotopic (exact) mass is 253 g/mol. The van der Waals surface area contributed by atoms with Crippen molar-refractivity contribution >= 4 is 27.1 Å². The molecule has 0 bridgehead atoms. The van der Waals surface area contributed by atoms with Gasteiger partial charge >= 0.3 is 0 Å². The number of hydrogen-bond acceptors (Lipinski definition) is 2. The molecule has 90 valence electrons. The molecule has 0 aliphatic rings. The van der Waals surface area contributed by atoms with Crippen molar-refractivity contribution in [2.75, 3.05) is 5.73 Å². The van der Waals surface area contributed by atoms with Crippen molar-refractivity contribution in [2.45, 2.75) is 13.8 Å². The molecule has 3 aromatic rings. The van der Waals surface area contributed by atoms with E-state index in [-0.39, 0.29) is 0 Å². The molecule has 0 saturated heterocycles. The number of anilines is 1. The first kappa shape index (κ1) is 11.3. The fourth-order valence-corrected chi connectivity index (χ4v) is 3.36. The predicted octanol–water partition coefficient (Wildman–Crippen LogP) is 4.77. The van der Waals surface area contributed by atoms with Crippen LogP contribution in [0.15, 0.2) is 42.5 Å². The third-order valence-electron chi connectivity index (χ3n) is 3.30. The average Bonchev–Trinajstić information content (AvgIpc) is 2.77. The second-order valence-electron chi connectivity index (χ2n) is 4.67. The maximum atomic E-state index is 5.95. The minimum Gasteiger partial charge on any atom is -0.399 e. The summed E-state index contributed by atoms with van der Waals surface area (Å²) < 4.78 is 1.33. The molecule has 2 aromatic carbocycles. The SMILES string of the molecule is Cc1cc(-c2cc3ccccc3s2)c(C)cc1N. The van der Waals surface area contributed by atoms with Crippen LogP contribution in [0.25, 0.3) is 20.5 Å². The molecule has 2 N–H and O–H groups in total. The van der Waals surface area contributed by atoms with Gasteiger partial charge in [0.2, 0.25) is 0 Å². The minimum absolute atomic E-state index is 0.873. The third-order valence-corrected chi connectivity index (χ3v) is 4.45. The molecule has 0 aliphatic heterocycles. The van der Waals surface area contributed by atoms with Crippen molar-refractivity contribution in [1.82, 2.24) is 0 Å². The molecule has 0 spiro atoms. The van der Waals surface area contributed by atoms with Crippen LogP contribution in [0.1, 0.15) is 11.1 Å². The van der Waals surface area contributed by atoms with Crippen LogP contribution in [0.5, 0.6) is 0 Å². The van der Waals surface area contributed by atoms with Crippen molar-refractivity contribution in [1.29, 1.82) is 0 Å². The Morgan fingerprint density at radius 2 is 1.72 bits per heavy atom. The van der Waals surface area contributed by atoms with E-state index in [1.165, 1.54) is 26.1 Å². The Hall–Kier alpha value is -1.80. The highest BCUT2D eigenvalue weighted by Crippen LogP contribution is 2.36. The maximum absolute atomic E-state index is 5.95. The van der Waals surface area contributed by atoms with E-state index < -0.39 is 0 Å². The predicted molar refractivity (Wildman–Crippen MR) is 81.1 cm³/mol. The molecule has 0 unspecified atom stereocenters. The molecule has 0 saturated carbocycles. The van der Waals surface area contributed by atoms with E-state index in [9.17, 15) is 0 Å². The van der Waals surface area contributed by atoms with E-state index in [4.69, 9.17) is 5.73 Å². The molecule has 1 nitrogen and oxygen atoms in total. The van der Waals surface area contributed by atoms with Crippen LogP contribution in [0, 0.1) is 13.8 Å². The summed E-state index contributed by atoms with van der Waals surface area (Å²) in [6, 6.07) is 15.0.